The maximum Gasteiger partial charge on any atom is 0.250 e. The molecule has 1 aliphatic rings. The summed E-state index contributed by atoms with van der Waals surface area (Å²) in [4.78, 5) is 28.8. The SMILES string of the molecule is C[C@H]1CC(=O)Nc2ccccc2N1C(=O)CN(C)c1nnnn1-c1ccccc1. The first kappa shape index (κ1) is 18.6. The lowest BCUT2D eigenvalue weighted by atomic mass is 10.1. The number of hydrogen-bond acceptors (Lipinski definition) is 6. The largest absolute Gasteiger partial charge is 0.333 e. The van der Waals surface area contributed by atoms with Crippen LogP contribution in [0.5, 0.6) is 0 Å². The highest BCUT2D eigenvalue weighted by Gasteiger charge is 2.30. The number of rotatable bonds is 4. The van der Waals surface area contributed by atoms with Crippen LogP contribution in [0.25, 0.3) is 5.69 Å². The van der Waals surface area contributed by atoms with Gasteiger partial charge in [0.1, 0.15) is 6.54 Å². The fraction of sp³-hybridized carbons (Fsp3) is 0.250. The zero-order valence-electron chi connectivity index (χ0n) is 16.2. The molecular weight excluding hydrogens is 370 g/mol. The number of para-hydroxylation sites is 3. The molecule has 1 aromatic heterocycles. The van der Waals surface area contributed by atoms with E-state index in [4.69, 9.17) is 0 Å². The zero-order chi connectivity index (χ0) is 20.4. The maximum atomic E-state index is 13.3. The van der Waals surface area contributed by atoms with E-state index in [0.29, 0.717) is 17.3 Å². The molecular formula is C20H21N7O2. The molecule has 2 aromatic carbocycles. The van der Waals surface area contributed by atoms with Crippen LogP contribution in [0.3, 0.4) is 0 Å². The fourth-order valence-electron chi connectivity index (χ4n) is 3.47. The fourth-order valence-corrected chi connectivity index (χ4v) is 3.47. The molecule has 0 fully saturated rings. The molecule has 0 radical (unpaired) electrons. The predicted molar refractivity (Wildman–Crippen MR) is 109 cm³/mol. The molecule has 9 nitrogen and oxygen atoms in total. The van der Waals surface area contributed by atoms with Gasteiger partial charge in [-0.25, -0.2) is 0 Å². The molecule has 0 bridgehead atoms. The van der Waals surface area contributed by atoms with Gasteiger partial charge in [-0.2, -0.15) is 4.68 Å². The average Bonchev–Trinajstić information content (AvgIpc) is 3.15. The third kappa shape index (κ3) is 3.66. The Morgan fingerprint density at radius 1 is 1.17 bits per heavy atom. The van der Waals surface area contributed by atoms with Crippen LogP contribution < -0.4 is 15.1 Å². The molecule has 148 valence electrons. The van der Waals surface area contributed by atoms with Crippen molar-refractivity contribution in [3.8, 4) is 5.69 Å². The van der Waals surface area contributed by atoms with Crippen LogP contribution in [-0.4, -0.2) is 51.7 Å². The Bertz CT molecular complexity index is 1030. The Hall–Kier alpha value is -3.75. The van der Waals surface area contributed by atoms with E-state index in [-0.39, 0.29) is 30.8 Å². The van der Waals surface area contributed by atoms with Crippen LogP contribution in [0.15, 0.2) is 54.6 Å². The van der Waals surface area contributed by atoms with Gasteiger partial charge in [0.2, 0.25) is 11.8 Å². The van der Waals surface area contributed by atoms with E-state index in [2.05, 4.69) is 20.8 Å². The van der Waals surface area contributed by atoms with E-state index in [1.807, 2.05) is 55.5 Å². The number of benzene rings is 2. The van der Waals surface area contributed by atoms with Crippen LogP contribution in [0, 0.1) is 0 Å². The molecule has 4 rings (SSSR count). The first-order valence-corrected chi connectivity index (χ1v) is 9.30. The van der Waals surface area contributed by atoms with Crippen molar-refractivity contribution in [1.82, 2.24) is 20.2 Å². The number of nitrogens with one attached hydrogen (secondary N) is 1. The number of amides is 2. The summed E-state index contributed by atoms with van der Waals surface area (Å²) in [5.41, 5.74) is 2.12. The van der Waals surface area contributed by atoms with E-state index in [9.17, 15) is 9.59 Å². The summed E-state index contributed by atoms with van der Waals surface area (Å²) in [6, 6.07) is 16.5. The quantitative estimate of drug-likeness (QED) is 0.729. The first-order chi connectivity index (χ1) is 14.0. The maximum absolute atomic E-state index is 13.3. The van der Waals surface area contributed by atoms with Gasteiger partial charge in [0.15, 0.2) is 0 Å². The summed E-state index contributed by atoms with van der Waals surface area (Å²) >= 11 is 0. The highest BCUT2D eigenvalue weighted by atomic mass is 16.2. The number of carbonyl (C=O) groups excluding carboxylic acids is 2. The highest BCUT2D eigenvalue weighted by Crippen LogP contribution is 2.31. The Morgan fingerprint density at radius 3 is 2.69 bits per heavy atom. The normalized spacial score (nSPS) is 16.0. The van der Waals surface area contributed by atoms with Gasteiger partial charge in [0, 0.05) is 19.5 Å². The highest BCUT2D eigenvalue weighted by molar-refractivity contribution is 6.05. The standard InChI is InChI=1S/C20H21N7O2/c1-14-12-18(28)21-16-10-6-7-11-17(16)26(14)19(29)13-25(2)20-22-23-24-27(20)15-8-4-3-5-9-15/h3-11,14H,12-13H2,1-2H3,(H,21,28)/t14-/m0/s1. The summed E-state index contributed by atoms with van der Waals surface area (Å²) in [6.45, 7) is 1.92. The third-order valence-corrected chi connectivity index (χ3v) is 4.80. The molecule has 29 heavy (non-hydrogen) atoms. The second kappa shape index (κ2) is 7.70. The second-order valence-corrected chi connectivity index (χ2v) is 6.96. The molecule has 1 N–H and O–H groups in total. The van der Waals surface area contributed by atoms with Gasteiger partial charge >= 0.3 is 0 Å². The molecule has 0 spiro atoms. The van der Waals surface area contributed by atoms with Crippen molar-refractivity contribution in [3.63, 3.8) is 0 Å². The van der Waals surface area contributed by atoms with E-state index < -0.39 is 0 Å². The van der Waals surface area contributed by atoms with Gasteiger partial charge < -0.3 is 15.1 Å². The van der Waals surface area contributed by atoms with Gasteiger partial charge in [-0.05, 0) is 41.6 Å². The monoisotopic (exact) mass is 391 g/mol. The number of nitrogens with zero attached hydrogens (tertiary/aromatic N) is 6. The lowest BCUT2D eigenvalue weighted by Gasteiger charge is -2.29. The molecule has 0 saturated heterocycles. The molecule has 0 aliphatic carbocycles. The lowest BCUT2D eigenvalue weighted by molar-refractivity contribution is -0.118. The van der Waals surface area contributed by atoms with Crippen LogP contribution in [0.2, 0.25) is 0 Å². The van der Waals surface area contributed by atoms with E-state index in [0.717, 1.165) is 5.69 Å². The molecule has 0 saturated carbocycles. The minimum atomic E-state index is -0.273. The number of anilines is 3. The first-order valence-electron chi connectivity index (χ1n) is 9.30. The van der Waals surface area contributed by atoms with Gasteiger partial charge in [0.05, 0.1) is 17.1 Å². The molecule has 1 atom stereocenters. The van der Waals surface area contributed by atoms with Gasteiger partial charge in [-0.1, -0.05) is 35.4 Å². The smallest absolute Gasteiger partial charge is 0.250 e. The summed E-state index contributed by atoms with van der Waals surface area (Å²) in [6.07, 6.45) is 0.228. The lowest BCUT2D eigenvalue weighted by Crippen LogP contribution is -2.44. The Kier molecular flexibility index (Phi) is 4.94. The number of tetrazole rings is 1. The van der Waals surface area contributed by atoms with Crippen molar-refractivity contribution < 1.29 is 9.59 Å². The molecule has 3 aromatic rings. The Balaban J connectivity index is 1.60. The van der Waals surface area contributed by atoms with Crippen molar-refractivity contribution in [2.45, 2.75) is 19.4 Å². The van der Waals surface area contributed by atoms with E-state index in [1.54, 1.807) is 27.6 Å². The molecule has 1 aliphatic heterocycles. The van der Waals surface area contributed by atoms with Crippen molar-refractivity contribution >= 4 is 29.1 Å². The Labute approximate surface area is 167 Å². The second-order valence-electron chi connectivity index (χ2n) is 6.96. The van der Waals surface area contributed by atoms with Crippen LogP contribution >= 0.6 is 0 Å². The topological polar surface area (TPSA) is 96.2 Å². The Morgan fingerprint density at radius 2 is 1.90 bits per heavy atom. The van der Waals surface area contributed by atoms with Crippen LogP contribution in [-0.2, 0) is 9.59 Å². The average molecular weight is 391 g/mol. The van der Waals surface area contributed by atoms with Crippen LogP contribution in [0.4, 0.5) is 17.3 Å². The van der Waals surface area contributed by atoms with Crippen molar-refractivity contribution in [2.24, 2.45) is 0 Å². The summed E-state index contributed by atoms with van der Waals surface area (Å²) in [5.74, 6) is 0.197. The summed E-state index contributed by atoms with van der Waals surface area (Å²) in [5, 5.41) is 14.7. The number of carbonyl (C=O) groups is 2. The predicted octanol–water partition coefficient (Wildman–Crippen LogP) is 1.86. The molecule has 2 amide bonds. The number of likely N-dealkylation sites (N-methyl/N-ethyl adjacent to an activating group) is 1. The molecule has 9 heteroatoms. The number of fused-ring (bicyclic) bond motifs is 1. The minimum Gasteiger partial charge on any atom is -0.333 e. The molecule has 0 unspecified atom stereocenters. The molecule has 2 heterocycles. The van der Waals surface area contributed by atoms with Gasteiger partial charge in [0.25, 0.3) is 5.95 Å². The zero-order valence-corrected chi connectivity index (χ0v) is 16.2. The van der Waals surface area contributed by atoms with Crippen molar-refractivity contribution in [2.75, 3.05) is 28.7 Å². The minimum absolute atomic E-state index is 0.0556. The third-order valence-electron chi connectivity index (χ3n) is 4.80. The summed E-state index contributed by atoms with van der Waals surface area (Å²) < 4.78 is 1.58. The van der Waals surface area contributed by atoms with Crippen LogP contribution in [0.1, 0.15) is 13.3 Å². The van der Waals surface area contributed by atoms with E-state index in [1.165, 1.54) is 0 Å². The van der Waals surface area contributed by atoms with Gasteiger partial charge in [-0.15, -0.1) is 0 Å². The number of hydrogen-bond donors (Lipinski definition) is 1. The number of aromatic nitrogens is 4. The van der Waals surface area contributed by atoms with Crippen molar-refractivity contribution in [1.29, 1.82) is 0 Å². The van der Waals surface area contributed by atoms with Gasteiger partial charge in [-0.3, -0.25) is 9.59 Å². The van der Waals surface area contributed by atoms with E-state index >= 15 is 0 Å². The summed E-state index contributed by atoms with van der Waals surface area (Å²) in [7, 11) is 1.76. The van der Waals surface area contributed by atoms with Crippen molar-refractivity contribution in [3.05, 3.63) is 54.6 Å².